The lowest BCUT2D eigenvalue weighted by Gasteiger charge is -2.07. The van der Waals surface area contributed by atoms with Crippen molar-refractivity contribution in [2.24, 2.45) is 5.92 Å². The minimum atomic E-state index is -0.490. The van der Waals surface area contributed by atoms with Crippen molar-refractivity contribution in [2.75, 3.05) is 12.9 Å². The second-order valence-corrected chi connectivity index (χ2v) is 5.20. The number of ether oxygens (including phenoxy) is 1. The van der Waals surface area contributed by atoms with Gasteiger partial charge in [-0.3, -0.25) is 10.1 Å². The van der Waals surface area contributed by atoms with Crippen molar-refractivity contribution >= 4 is 23.4 Å². The molecule has 5 nitrogen and oxygen atoms in total. The van der Waals surface area contributed by atoms with Gasteiger partial charge in [0, 0.05) is 11.8 Å². The van der Waals surface area contributed by atoms with E-state index in [1.54, 1.807) is 0 Å². The van der Waals surface area contributed by atoms with Gasteiger partial charge in [-0.25, -0.2) is 4.79 Å². The molecule has 6 heteroatoms. The molecule has 0 aromatic heterocycles. The summed E-state index contributed by atoms with van der Waals surface area (Å²) < 4.78 is 4.60. The first-order valence-corrected chi connectivity index (χ1v) is 6.43. The fourth-order valence-corrected chi connectivity index (χ4v) is 2.30. The van der Waals surface area contributed by atoms with E-state index in [1.165, 1.54) is 37.1 Å². The Hall–Kier alpha value is -1.56. The summed E-state index contributed by atoms with van der Waals surface area (Å²) in [6.07, 6.45) is 0. The van der Waals surface area contributed by atoms with Crippen molar-refractivity contribution in [1.82, 2.24) is 0 Å². The topological polar surface area (TPSA) is 69.4 Å². The standard InChI is InChI=1S/C12H15NO4S/c1-8(2)7-18-11-6-9(12(14)17-3)4-5-10(11)13(15)16/h4-6,8H,7H2,1-3H3. The van der Waals surface area contributed by atoms with Crippen LogP contribution in [0, 0.1) is 16.0 Å². The van der Waals surface area contributed by atoms with Gasteiger partial charge in [0.05, 0.1) is 22.5 Å². The summed E-state index contributed by atoms with van der Waals surface area (Å²) in [6, 6.07) is 4.26. The second kappa shape index (κ2) is 6.39. The van der Waals surface area contributed by atoms with E-state index in [0.29, 0.717) is 16.4 Å². The molecular formula is C12H15NO4S. The van der Waals surface area contributed by atoms with Gasteiger partial charge in [-0.2, -0.15) is 0 Å². The summed E-state index contributed by atoms with van der Waals surface area (Å²) >= 11 is 1.38. The molecule has 0 atom stereocenters. The van der Waals surface area contributed by atoms with Crippen LogP contribution in [0.2, 0.25) is 0 Å². The van der Waals surface area contributed by atoms with Crippen LogP contribution in [0.4, 0.5) is 5.69 Å². The van der Waals surface area contributed by atoms with Gasteiger partial charge >= 0.3 is 5.97 Å². The van der Waals surface area contributed by atoms with Crippen molar-refractivity contribution in [3.8, 4) is 0 Å². The molecule has 0 amide bonds. The summed E-state index contributed by atoms with van der Waals surface area (Å²) in [5.74, 6) is 0.679. The average Bonchev–Trinajstić information content (AvgIpc) is 2.34. The second-order valence-electron chi connectivity index (χ2n) is 4.14. The first-order valence-electron chi connectivity index (χ1n) is 5.45. The Morgan fingerprint density at radius 3 is 2.67 bits per heavy atom. The fraction of sp³-hybridized carbons (Fsp3) is 0.417. The van der Waals surface area contributed by atoms with Gasteiger partial charge in [-0.15, -0.1) is 11.8 Å². The minimum absolute atomic E-state index is 0.0216. The minimum Gasteiger partial charge on any atom is -0.465 e. The van der Waals surface area contributed by atoms with Crippen LogP contribution in [0.1, 0.15) is 24.2 Å². The molecule has 0 unspecified atom stereocenters. The lowest BCUT2D eigenvalue weighted by molar-refractivity contribution is -0.387. The number of methoxy groups -OCH3 is 1. The molecule has 0 radical (unpaired) electrons. The Bertz CT molecular complexity index is 459. The van der Waals surface area contributed by atoms with Gasteiger partial charge in [0.1, 0.15) is 0 Å². The predicted octanol–water partition coefficient (Wildman–Crippen LogP) is 3.13. The summed E-state index contributed by atoms with van der Waals surface area (Å²) in [7, 11) is 1.28. The number of nitrogens with zero attached hydrogens (tertiary/aromatic N) is 1. The van der Waals surface area contributed by atoms with Crippen molar-refractivity contribution in [1.29, 1.82) is 0 Å². The van der Waals surface area contributed by atoms with Gasteiger partial charge in [0.2, 0.25) is 0 Å². The number of carbonyl (C=O) groups excluding carboxylic acids is 1. The molecule has 1 rings (SSSR count). The van der Waals surface area contributed by atoms with E-state index < -0.39 is 10.9 Å². The number of thioether (sulfide) groups is 1. The highest BCUT2D eigenvalue weighted by atomic mass is 32.2. The number of hydrogen-bond acceptors (Lipinski definition) is 5. The molecule has 0 N–H and O–H groups in total. The maximum Gasteiger partial charge on any atom is 0.337 e. The van der Waals surface area contributed by atoms with E-state index in [2.05, 4.69) is 4.74 Å². The Kier molecular flexibility index (Phi) is 5.15. The fourth-order valence-electron chi connectivity index (χ4n) is 1.28. The summed E-state index contributed by atoms with van der Waals surface area (Å²) in [5.41, 5.74) is 0.350. The van der Waals surface area contributed by atoms with Crippen LogP contribution in [-0.4, -0.2) is 23.8 Å². The number of rotatable bonds is 5. The third kappa shape index (κ3) is 3.73. The van der Waals surface area contributed by atoms with Gasteiger partial charge in [0.25, 0.3) is 5.69 Å². The highest BCUT2D eigenvalue weighted by molar-refractivity contribution is 7.99. The number of esters is 1. The zero-order chi connectivity index (χ0) is 13.7. The summed E-state index contributed by atoms with van der Waals surface area (Å²) in [6.45, 7) is 4.06. The average molecular weight is 269 g/mol. The molecule has 0 aliphatic heterocycles. The van der Waals surface area contributed by atoms with Crippen molar-refractivity contribution in [2.45, 2.75) is 18.7 Å². The lowest BCUT2D eigenvalue weighted by Crippen LogP contribution is -2.03. The van der Waals surface area contributed by atoms with E-state index in [-0.39, 0.29) is 5.69 Å². The zero-order valence-corrected chi connectivity index (χ0v) is 11.3. The van der Waals surface area contributed by atoms with E-state index in [4.69, 9.17) is 0 Å². The van der Waals surface area contributed by atoms with E-state index in [1.807, 2.05) is 13.8 Å². The number of nitro groups is 1. The molecule has 1 aromatic carbocycles. The van der Waals surface area contributed by atoms with Crippen molar-refractivity contribution in [3.63, 3.8) is 0 Å². The highest BCUT2D eigenvalue weighted by Gasteiger charge is 2.17. The number of carbonyl (C=O) groups is 1. The SMILES string of the molecule is COC(=O)c1ccc([N+](=O)[O-])c(SCC(C)C)c1. The molecule has 98 valence electrons. The first-order chi connectivity index (χ1) is 8.45. The molecule has 18 heavy (non-hydrogen) atoms. The van der Waals surface area contributed by atoms with E-state index >= 15 is 0 Å². The Balaban J connectivity index is 3.07. The third-order valence-electron chi connectivity index (χ3n) is 2.15. The smallest absolute Gasteiger partial charge is 0.337 e. The molecule has 0 fully saturated rings. The van der Waals surface area contributed by atoms with Crippen LogP contribution in [0.25, 0.3) is 0 Å². The maximum absolute atomic E-state index is 11.4. The van der Waals surface area contributed by atoms with Crippen LogP contribution < -0.4 is 0 Å². The van der Waals surface area contributed by atoms with Crippen molar-refractivity contribution in [3.05, 3.63) is 33.9 Å². The molecule has 1 aromatic rings. The predicted molar refractivity (Wildman–Crippen MR) is 70.0 cm³/mol. The molecule has 0 aliphatic carbocycles. The first kappa shape index (κ1) is 14.5. The largest absolute Gasteiger partial charge is 0.465 e. The quantitative estimate of drug-likeness (QED) is 0.355. The van der Waals surface area contributed by atoms with Gasteiger partial charge in [-0.1, -0.05) is 13.8 Å². The molecule has 0 heterocycles. The molecule has 0 saturated carbocycles. The van der Waals surface area contributed by atoms with E-state index in [0.717, 1.165) is 5.75 Å². The third-order valence-corrected chi connectivity index (χ3v) is 3.62. The summed E-state index contributed by atoms with van der Waals surface area (Å²) in [5, 5.41) is 10.9. The number of nitro benzene ring substituents is 1. The summed E-state index contributed by atoms with van der Waals surface area (Å²) in [4.78, 5) is 22.3. The maximum atomic E-state index is 11.4. The molecule has 0 bridgehead atoms. The molecule has 0 aliphatic rings. The van der Waals surface area contributed by atoms with Gasteiger partial charge < -0.3 is 4.74 Å². The Morgan fingerprint density at radius 1 is 1.50 bits per heavy atom. The normalized spacial score (nSPS) is 10.4. The van der Waals surface area contributed by atoms with Crippen LogP contribution in [0.15, 0.2) is 23.1 Å². The monoisotopic (exact) mass is 269 g/mol. The van der Waals surface area contributed by atoms with Crippen LogP contribution >= 0.6 is 11.8 Å². The van der Waals surface area contributed by atoms with Crippen molar-refractivity contribution < 1.29 is 14.5 Å². The number of hydrogen-bond donors (Lipinski definition) is 0. The molecule has 0 spiro atoms. The van der Waals surface area contributed by atoms with E-state index in [9.17, 15) is 14.9 Å². The van der Waals surface area contributed by atoms with Gasteiger partial charge in [0.15, 0.2) is 0 Å². The Morgan fingerprint density at radius 2 is 2.17 bits per heavy atom. The molecular weight excluding hydrogens is 254 g/mol. The highest BCUT2D eigenvalue weighted by Crippen LogP contribution is 2.31. The van der Waals surface area contributed by atoms with Crippen LogP contribution in [0.3, 0.4) is 0 Å². The lowest BCUT2D eigenvalue weighted by atomic mass is 10.2. The van der Waals surface area contributed by atoms with Crippen LogP contribution in [-0.2, 0) is 4.74 Å². The zero-order valence-electron chi connectivity index (χ0n) is 10.5. The van der Waals surface area contributed by atoms with Crippen LogP contribution in [0.5, 0.6) is 0 Å². The van der Waals surface area contributed by atoms with Gasteiger partial charge in [-0.05, 0) is 18.1 Å². The molecule has 0 saturated heterocycles. The number of benzene rings is 1. The Labute approximate surface area is 110 Å².